The topological polar surface area (TPSA) is 119 Å². The molecular formula is C22H21N5O3. The summed E-state index contributed by atoms with van der Waals surface area (Å²) in [5, 5.41) is 17.2. The van der Waals surface area contributed by atoms with Crippen LogP contribution in [0.5, 0.6) is 17.4 Å². The first kappa shape index (κ1) is 19.3. The lowest BCUT2D eigenvalue weighted by atomic mass is 9.83. The molecule has 0 saturated carbocycles. The Hall–Kier alpha value is -3.99. The fourth-order valence-electron chi connectivity index (χ4n) is 3.56. The van der Waals surface area contributed by atoms with E-state index in [2.05, 4.69) is 21.3 Å². The van der Waals surface area contributed by atoms with Gasteiger partial charge in [0.2, 0.25) is 11.8 Å². The maximum atomic E-state index is 9.86. The highest BCUT2D eigenvalue weighted by Crippen LogP contribution is 2.46. The van der Waals surface area contributed by atoms with Gasteiger partial charge in [-0.3, -0.25) is 10.1 Å². The van der Waals surface area contributed by atoms with Crippen molar-refractivity contribution in [2.75, 3.05) is 13.2 Å². The van der Waals surface area contributed by atoms with Gasteiger partial charge in [0.25, 0.3) is 0 Å². The molecule has 1 aromatic carbocycles. The lowest BCUT2D eigenvalue weighted by Gasteiger charge is -2.25. The van der Waals surface area contributed by atoms with Gasteiger partial charge in [-0.05, 0) is 43.7 Å². The van der Waals surface area contributed by atoms with Crippen molar-refractivity contribution in [2.45, 2.75) is 19.8 Å². The fraction of sp³-hybridized carbons (Fsp3) is 0.227. The van der Waals surface area contributed by atoms with E-state index < -0.39 is 5.92 Å². The number of allylic oxidation sites excluding steroid dienone is 1. The third kappa shape index (κ3) is 3.31. The summed E-state index contributed by atoms with van der Waals surface area (Å²) in [5.74, 6) is 1.16. The average molecular weight is 403 g/mol. The van der Waals surface area contributed by atoms with E-state index in [-0.39, 0.29) is 5.88 Å². The Balaban J connectivity index is 1.90. The van der Waals surface area contributed by atoms with Crippen molar-refractivity contribution in [3.63, 3.8) is 0 Å². The Morgan fingerprint density at radius 1 is 1.13 bits per heavy atom. The minimum atomic E-state index is -0.476. The number of nitrogens with one attached hydrogen (secondary N) is 1. The summed E-state index contributed by atoms with van der Waals surface area (Å²) in [6, 6.07) is 11.6. The molecule has 3 heterocycles. The summed E-state index contributed by atoms with van der Waals surface area (Å²) < 4.78 is 17.1. The van der Waals surface area contributed by atoms with Crippen LogP contribution in [-0.2, 0) is 0 Å². The Kier molecular flexibility index (Phi) is 5.26. The van der Waals surface area contributed by atoms with Gasteiger partial charge in [-0.15, -0.1) is 5.10 Å². The van der Waals surface area contributed by atoms with Gasteiger partial charge in [0.05, 0.1) is 30.4 Å². The molecule has 0 saturated heterocycles. The second-order valence-corrected chi connectivity index (χ2v) is 6.55. The molecule has 0 amide bonds. The molecule has 0 unspecified atom stereocenters. The lowest BCUT2D eigenvalue weighted by Crippen LogP contribution is -2.21. The number of fused-ring (bicyclic) bond motifs is 1. The Morgan fingerprint density at radius 3 is 2.57 bits per heavy atom. The first-order chi connectivity index (χ1) is 14.7. The maximum absolute atomic E-state index is 9.86. The van der Waals surface area contributed by atoms with Gasteiger partial charge >= 0.3 is 0 Å². The van der Waals surface area contributed by atoms with Crippen molar-refractivity contribution >= 4 is 0 Å². The minimum Gasteiger partial charge on any atom is -0.490 e. The second kappa shape index (κ2) is 8.17. The van der Waals surface area contributed by atoms with Gasteiger partial charge in [-0.2, -0.15) is 5.26 Å². The zero-order chi connectivity index (χ0) is 21.1. The van der Waals surface area contributed by atoms with Crippen LogP contribution in [0.25, 0.3) is 11.3 Å². The van der Waals surface area contributed by atoms with Crippen LogP contribution in [-0.4, -0.2) is 28.4 Å². The Morgan fingerprint density at radius 2 is 1.87 bits per heavy atom. The predicted molar refractivity (Wildman–Crippen MR) is 110 cm³/mol. The van der Waals surface area contributed by atoms with Crippen molar-refractivity contribution in [3.8, 4) is 34.7 Å². The molecule has 2 aromatic heterocycles. The minimum absolute atomic E-state index is 0.0367. The molecule has 0 aliphatic carbocycles. The van der Waals surface area contributed by atoms with E-state index in [0.717, 1.165) is 22.4 Å². The van der Waals surface area contributed by atoms with Crippen molar-refractivity contribution in [1.82, 2.24) is 15.2 Å². The van der Waals surface area contributed by atoms with Crippen LogP contribution in [0.1, 0.15) is 30.9 Å². The summed E-state index contributed by atoms with van der Waals surface area (Å²) >= 11 is 0. The molecule has 0 radical (unpaired) electrons. The Labute approximate surface area is 173 Å². The van der Waals surface area contributed by atoms with Gasteiger partial charge in [0.1, 0.15) is 11.6 Å². The smallest absolute Gasteiger partial charge is 0.244 e. The van der Waals surface area contributed by atoms with Crippen LogP contribution in [0.4, 0.5) is 0 Å². The Bertz CT molecular complexity index is 1130. The zero-order valence-electron chi connectivity index (χ0n) is 16.7. The first-order valence-corrected chi connectivity index (χ1v) is 9.63. The number of aromatic nitrogens is 3. The molecule has 8 nitrogen and oxygen atoms in total. The molecule has 0 fully saturated rings. The molecule has 4 rings (SSSR count). The third-order valence-corrected chi connectivity index (χ3v) is 4.81. The van der Waals surface area contributed by atoms with E-state index >= 15 is 0 Å². The molecular weight excluding hydrogens is 382 g/mol. The third-order valence-electron chi connectivity index (χ3n) is 4.81. The number of nitrogens with two attached hydrogens (primary N) is 1. The fourth-order valence-corrected chi connectivity index (χ4v) is 3.56. The summed E-state index contributed by atoms with van der Waals surface area (Å²) in [6.45, 7) is 4.83. The first-order valence-electron chi connectivity index (χ1n) is 9.63. The highest BCUT2D eigenvalue weighted by molar-refractivity contribution is 5.70. The van der Waals surface area contributed by atoms with Gasteiger partial charge in [-0.25, -0.2) is 0 Å². The molecule has 3 N–H and O–H groups in total. The number of hydrogen-bond acceptors (Lipinski definition) is 7. The number of pyridine rings is 1. The highest BCUT2D eigenvalue weighted by Gasteiger charge is 2.36. The van der Waals surface area contributed by atoms with Crippen molar-refractivity contribution in [3.05, 3.63) is 65.3 Å². The number of H-pyrrole nitrogens is 1. The summed E-state index contributed by atoms with van der Waals surface area (Å²) in [4.78, 5) is 4.07. The van der Waals surface area contributed by atoms with Crippen LogP contribution < -0.4 is 19.9 Å². The van der Waals surface area contributed by atoms with E-state index in [1.54, 1.807) is 12.4 Å². The molecule has 8 heteroatoms. The van der Waals surface area contributed by atoms with Crippen molar-refractivity contribution < 1.29 is 14.2 Å². The quantitative estimate of drug-likeness (QED) is 0.646. The van der Waals surface area contributed by atoms with E-state index in [9.17, 15) is 5.26 Å². The molecule has 0 bridgehead atoms. The van der Waals surface area contributed by atoms with Crippen LogP contribution in [0, 0.1) is 11.3 Å². The van der Waals surface area contributed by atoms with Crippen molar-refractivity contribution in [2.24, 2.45) is 5.73 Å². The van der Waals surface area contributed by atoms with E-state index in [1.807, 2.05) is 44.2 Å². The summed E-state index contributed by atoms with van der Waals surface area (Å²) in [5.41, 5.74) is 9.55. The molecule has 1 atom stereocenters. The normalized spacial score (nSPS) is 15.2. The number of nitriles is 1. The molecule has 30 heavy (non-hydrogen) atoms. The molecule has 3 aromatic rings. The number of benzene rings is 1. The maximum Gasteiger partial charge on any atom is 0.244 e. The van der Waals surface area contributed by atoms with E-state index in [0.29, 0.717) is 36.2 Å². The van der Waals surface area contributed by atoms with Gasteiger partial charge in [-0.1, -0.05) is 6.07 Å². The predicted octanol–water partition coefficient (Wildman–Crippen LogP) is 3.49. The molecule has 0 spiro atoms. The van der Waals surface area contributed by atoms with E-state index in [1.165, 1.54) is 0 Å². The largest absolute Gasteiger partial charge is 0.490 e. The number of ether oxygens (including phenoxy) is 3. The number of rotatable bonds is 6. The van der Waals surface area contributed by atoms with Crippen LogP contribution in [0.15, 0.2) is 54.2 Å². The summed E-state index contributed by atoms with van der Waals surface area (Å²) in [6.07, 6.45) is 3.39. The van der Waals surface area contributed by atoms with Crippen LogP contribution in [0.3, 0.4) is 0 Å². The molecule has 1 aliphatic rings. The van der Waals surface area contributed by atoms with Crippen LogP contribution >= 0.6 is 0 Å². The standard InChI is InChI=1S/C22H21N5O3/c1-3-28-16-6-5-14(11-17(16)29-4-2)18-15(12-23)21(24)30-22-19(18)20(26-27-22)13-7-9-25-10-8-13/h5-11,18H,3-4,24H2,1-2H3,(H,26,27)/t18-/m1/s1. The number of aromatic amines is 1. The number of hydrogen-bond donors (Lipinski definition) is 2. The van der Waals surface area contributed by atoms with Gasteiger partial charge in [0, 0.05) is 18.0 Å². The van der Waals surface area contributed by atoms with E-state index in [4.69, 9.17) is 19.9 Å². The summed E-state index contributed by atoms with van der Waals surface area (Å²) in [7, 11) is 0. The van der Waals surface area contributed by atoms with Gasteiger partial charge in [0.15, 0.2) is 11.5 Å². The SMILES string of the molecule is CCOc1ccc([C@@H]2C(C#N)=C(N)Oc3n[nH]c(-c4ccncc4)c32)cc1OCC. The van der Waals surface area contributed by atoms with Crippen molar-refractivity contribution in [1.29, 1.82) is 5.26 Å². The molecule has 1 aliphatic heterocycles. The monoisotopic (exact) mass is 403 g/mol. The van der Waals surface area contributed by atoms with Gasteiger partial charge < -0.3 is 19.9 Å². The van der Waals surface area contributed by atoms with Crippen LogP contribution in [0.2, 0.25) is 0 Å². The second-order valence-electron chi connectivity index (χ2n) is 6.55. The molecule has 152 valence electrons. The number of nitrogens with zero attached hydrogens (tertiary/aromatic N) is 3. The highest BCUT2D eigenvalue weighted by atomic mass is 16.5. The lowest BCUT2D eigenvalue weighted by molar-refractivity contribution is 0.287. The zero-order valence-corrected chi connectivity index (χ0v) is 16.7. The average Bonchev–Trinajstić information content (AvgIpc) is 3.18.